The van der Waals surface area contributed by atoms with Gasteiger partial charge in [-0.3, -0.25) is 0 Å². The summed E-state index contributed by atoms with van der Waals surface area (Å²) in [4.78, 5) is 12.7. The largest absolute Gasteiger partial charge is 0.496 e. The van der Waals surface area contributed by atoms with Crippen LogP contribution in [-0.2, 0) is 0 Å². The SMILES string of the molecule is COc1ccccc1Sc1cnc(N2CCC3(CCCC3)CC2)cn1. The molecule has 1 aliphatic carbocycles. The lowest BCUT2D eigenvalue weighted by Gasteiger charge is -2.39. The highest BCUT2D eigenvalue weighted by Crippen LogP contribution is 2.46. The smallest absolute Gasteiger partial charge is 0.147 e. The normalized spacial score (nSPS) is 19.3. The van der Waals surface area contributed by atoms with Crippen LogP contribution in [0.4, 0.5) is 5.82 Å². The Hall–Kier alpha value is -1.75. The number of piperidine rings is 1. The van der Waals surface area contributed by atoms with Crippen molar-refractivity contribution < 1.29 is 4.74 Å². The molecule has 1 saturated heterocycles. The van der Waals surface area contributed by atoms with E-state index in [1.54, 1.807) is 18.9 Å². The number of anilines is 1. The highest BCUT2D eigenvalue weighted by atomic mass is 32.2. The highest BCUT2D eigenvalue weighted by molar-refractivity contribution is 7.99. The Balaban J connectivity index is 1.40. The molecule has 1 aromatic carbocycles. The van der Waals surface area contributed by atoms with E-state index in [0.29, 0.717) is 5.41 Å². The summed E-state index contributed by atoms with van der Waals surface area (Å²) in [5.41, 5.74) is 0.642. The number of ether oxygens (including phenoxy) is 1. The summed E-state index contributed by atoms with van der Waals surface area (Å²) in [5.74, 6) is 1.88. The second kappa shape index (κ2) is 7.24. The average molecular weight is 356 g/mol. The van der Waals surface area contributed by atoms with Crippen molar-refractivity contribution in [2.75, 3.05) is 25.1 Å². The molecule has 0 N–H and O–H groups in total. The molecular weight excluding hydrogens is 330 g/mol. The van der Waals surface area contributed by atoms with Gasteiger partial charge in [-0.05, 0) is 43.2 Å². The van der Waals surface area contributed by atoms with Crippen LogP contribution in [-0.4, -0.2) is 30.2 Å². The van der Waals surface area contributed by atoms with Gasteiger partial charge in [-0.2, -0.15) is 0 Å². The summed E-state index contributed by atoms with van der Waals surface area (Å²) in [6.07, 6.45) is 12.1. The van der Waals surface area contributed by atoms with Crippen LogP contribution in [0.25, 0.3) is 0 Å². The van der Waals surface area contributed by atoms with E-state index in [9.17, 15) is 0 Å². The van der Waals surface area contributed by atoms with Crippen molar-refractivity contribution in [3.05, 3.63) is 36.7 Å². The predicted octanol–water partition coefficient (Wildman–Crippen LogP) is 4.80. The van der Waals surface area contributed by atoms with Gasteiger partial charge in [-0.1, -0.05) is 36.7 Å². The average Bonchev–Trinajstić information content (AvgIpc) is 3.12. The minimum Gasteiger partial charge on any atom is -0.496 e. The van der Waals surface area contributed by atoms with Crippen molar-refractivity contribution in [3.8, 4) is 5.75 Å². The van der Waals surface area contributed by atoms with E-state index in [1.807, 2.05) is 36.7 Å². The lowest BCUT2D eigenvalue weighted by molar-refractivity contribution is 0.226. The molecule has 1 saturated carbocycles. The summed E-state index contributed by atoms with van der Waals surface area (Å²) >= 11 is 1.59. The second-order valence-corrected chi connectivity index (χ2v) is 8.22. The minimum absolute atomic E-state index is 0.642. The minimum atomic E-state index is 0.642. The Morgan fingerprint density at radius 3 is 2.44 bits per heavy atom. The Kier molecular flexibility index (Phi) is 4.84. The molecule has 0 radical (unpaired) electrons. The number of benzene rings is 1. The molecule has 0 atom stereocenters. The van der Waals surface area contributed by atoms with Crippen LogP contribution in [0.5, 0.6) is 5.75 Å². The van der Waals surface area contributed by atoms with E-state index >= 15 is 0 Å². The molecule has 1 aromatic heterocycles. The molecule has 2 aromatic rings. The van der Waals surface area contributed by atoms with Crippen LogP contribution >= 0.6 is 11.8 Å². The first-order valence-corrected chi connectivity index (χ1v) is 9.98. The van der Waals surface area contributed by atoms with Crippen molar-refractivity contribution in [3.63, 3.8) is 0 Å². The van der Waals surface area contributed by atoms with Crippen LogP contribution in [0.2, 0.25) is 0 Å². The highest BCUT2D eigenvalue weighted by Gasteiger charge is 2.37. The van der Waals surface area contributed by atoms with Crippen LogP contribution < -0.4 is 9.64 Å². The summed E-state index contributed by atoms with van der Waals surface area (Å²) < 4.78 is 5.40. The lowest BCUT2D eigenvalue weighted by Crippen LogP contribution is -2.39. The van der Waals surface area contributed by atoms with Gasteiger partial charge >= 0.3 is 0 Å². The number of para-hydroxylation sites is 1. The zero-order valence-corrected chi connectivity index (χ0v) is 15.6. The summed E-state index contributed by atoms with van der Waals surface area (Å²) in [6, 6.07) is 8.01. The second-order valence-electron chi connectivity index (χ2n) is 7.16. The zero-order chi connectivity index (χ0) is 17.1. The molecule has 2 aliphatic rings. The topological polar surface area (TPSA) is 38.2 Å². The van der Waals surface area contributed by atoms with E-state index in [0.717, 1.165) is 34.6 Å². The Bertz CT molecular complexity index is 703. The lowest BCUT2D eigenvalue weighted by atomic mass is 9.77. The molecule has 4 nitrogen and oxygen atoms in total. The molecule has 1 spiro atoms. The number of hydrogen-bond acceptors (Lipinski definition) is 5. The first-order chi connectivity index (χ1) is 12.3. The van der Waals surface area contributed by atoms with E-state index in [4.69, 9.17) is 4.74 Å². The first-order valence-electron chi connectivity index (χ1n) is 9.16. The molecule has 25 heavy (non-hydrogen) atoms. The molecule has 2 fully saturated rings. The Morgan fingerprint density at radius 2 is 1.76 bits per heavy atom. The zero-order valence-electron chi connectivity index (χ0n) is 14.8. The van der Waals surface area contributed by atoms with Crippen LogP contribution in [0, 0.1) is 5.41 Å². The van der Waals surface area contributed by atoms with Gasteiger partial charge in [-0.25, -0.2) is 9.97 Å². The monoisotopic (exact) mass is 355 g/mol. The number of nitrogens with zero attached hydrogens (tertiary/aromatic N) is 3. The molecule has 1 aliphatic heterocycles. The summed E-state index contributed by atoms with van der Waals surface area (Å²) in [5, 5.41) is 0.900. The fraction of sp³-hybridized carbons (Fsp3) is 0.500. The Morgan fingerprint density at radius 1 is 1.00 bits per heavy atom. The van der Waals surface area contributed by atoms with Crippen LogP contribution in [0.15, 0.2) is 46.6 Å². The molecule has 2 heterocycles. The molecule has 0 unspecified atom stereocenters. The molecule has 0 bridgehead atoms. The van der Waals surface area contributed by atoms with Gasteiger partial charge < -0.3 is 9.64 Å². The van der Waals surface area contributed by atoms with Crippen molar-refractivity contribution in [1.29, 1.82) is 0 Å². The van der Waals surface area contributed by atoms with Gasteiger partial charge in [0.05, 0.1) is 24.4 Å². The maximum absolute atomic E-state index is 5.40. The molecular formula is C20H25N3OS. The molecule has 5 heteroatoms. The van der Waals surface area contributed by atoms with Gasteiger partial charge in [0.1, 0.15) is 16.6 Å². The summed E-state index contributed by atoms with van der Waals surface area (Å²) in [7, 11) is 1.70. The van der Waals surface area contributed by atoms with Crippen LogP contribution in [0.3, 0.4) is 0 Å². The molecule has 0 amide bonds. The van der Waals surface area contributed by atoms with Gasteiger partial charge in [0.2, 0.25) is 0 Å². The fourth-order valence-corrected chi connectivity index (χ4v) is 5.01. The fourth-order valence-electron chi connectivity index (χ4n) is 4.18. The maximum Gasteiger partial charge on any atom is 0.147 e. The third-order valence-electron chi connectivity index (χ3n) is 5.71. The van der Waals surface area contributed by atoms with Gasteiger partial charge in [0.25, 0.3) is 0 Å². The van der Waals surface area contributed by atoms with Crippen molar-refractivity contribution in [2.45, 2.75) is 48.4 Å². The Labute approximate surface area is 154 Å². The van der Waals surface area contributed by atoms with E-state index in [1.165, 1.54) is 38.5 Å². The predicted molar refractivity (Wildman–Crippen MR) is 101 cm³/mol. The van der Waals surface area contributed by atoms with Gasteiger partial charge in [0, 0.05) is 13.1 Å². The number of aromatic nitrogens is 2. The maximum atomic E-state index is 5.40. The van der Waals surface area contributed by atoms with Crippen LogP contribution in [0.1, 0.15) is 38.5 Å². The molecule has 4 rings (SSSR count). The third kappa shape index (κ3) is 3.61. The van der Waals surface area contributed by atoms with Gasteiger partial charge in [0.15, 0.2) is 0 Å². The third-order valence-corrected chi connectivity index (χ3v) is 6.69. The number of methoxy groups -OCH3 is 1. The van der Waals surface area contributed by atoms with E-state index in [2.05, 4.69) is 14.9 Å². The summed E-state index contributed by atoms with van der Waals surface area (Å²) in [6.45, 7) is 2.24. The van der Waals surface area contributed by atoms with E-state index < -0.39 is 0 Å². The first kappa shape index (κ1) is 16.7. The van der Waals surface area contributed by atoms with E-state index in [-0.39, 0.29) is 0 Å². The van der Waals surface area contributed by atoms with Crippen molar-refractivity contribution in [2.24, 2.45) is 5.41 Å². The molecule has 132 valence electrons. The van der Waals surface area contributed by atoms with Gasteiger partial charge in [-0.15, -0.1) is 0 Å². The quantitative estimate of drug-likeness (QED) is 0.788. The number of hydrogen-bond donors (Lipinski definition) is 0. The number of rotatable bonds is 4. The van der Waals surface area contributed by atoms with Crippen molar-refractivity contribution >= 4 is 17.6 Å². The van der Waals surface area contributed by atoms with Crippen molar-refractivity contribution in [1.82, 2.24) is 9.97 Å². The standard InChI is InChI=1S/C20H25N3OS/c1-24-16-6-2-3-7-17(16)25-19-15-21-18(14-22-19)23-12-10-20(11-13-23)8-4-5-9-20/h2-3,6-7,14-15H,4-5,8-13H2,1H3.